The van der Waals surface area contributed by atoms with Gasteiger partial charge in [-0.25, -0.2) is 16.8 Å². The molecule has 0 amide bonds. The highest BCUT2D eigenvalue weighted by Crippen LogP contribution is 2.36. The molecule has 4 rings (SSSR count). The molecule has 0 spiro atoms. The largest absolute Gasteiger partial charge is 0.457 e. The van der Waals surface area contributed by atoms with E-state index >= 15 is 0 Å². The molecule has 35 heavy (non-hydrogen) atoms. The Balaban J connectivity index is 1.60. The Kier molecular flexibility index (Phi) is 7.30. The van der Waals surface area contributed by atoms with Gasteiger partial charge in [0.15, 0.2) is 0 Å². The Morgan fingerprint density at radius 3 is 1.94 bits per heavy atom. The highest BCUT2D eigenvalue weighted by molar-refractivity contribution is 7.94. The van der Waals surface area contributed by atoms with Gasteiger partial charge in [0.05, 0.1) is 26.3 Å². The van der Waals surface area contributed by atoms with Crippen LogP contribution in [-0.4, -0.2) is 16.8 Å². The molecule has 1 aromatic heterocycles. The SMILES string of the molecule is Cc1ccccc1Oc1ccc(S(=O)(=O)Nc2cc(Cl)c(Cl)cc2NS(=O)(=O)c2cccs2)cc1. The van der Waals surface area contributed by atoms with Gasteiger partial charge in [-0.15, -0.1) is 11.3 Å². The van der Waals surface area contributed by atoms with E-state index in [0.717, 1.165) is 16.9 Å². The van der Waals surface area contributed by atoms with Gasteiger partial charge in [0, 0.05) is 0 Å². The molecule has 0 aliphatic carbocycles. The van der Waals surface area contributed by atoms with Gasteiger partial charge in [-0.05, 0) is 66.4 Å². The lowest BCUT2D eigenvalue weighted by Gasteiger charge is -2.16. The van der Waals surface area contributed by atoms with Crippen LogP contribution in [0.4, 0.5) is 11.4 Å². The average Bonchev–Trinajstić information content (AvgIpc) is 3.35. The molecule has 12 heteroatoms. The predicted molar refractivity (Wildman–Crippen MR) is 140 cm³/mol. The van der Waals surface area contributed by atoms with E-state index in [9.17, 15) is 16.8 Å². The Hall–Kier alpha value is -2.76. The molecule has 1 heterocycles. The number of para-hydroxylation sites is 1. The summed E-state index contributed by atoms with van der Waals surface area (Å²) in [6.07, 6.45) is 0. The summed E-state index contributed by atoms with van der Waals surface area (Å²) in [5, 5.41) is 1.71. The van der Waals surface area contributed by atoms with Crippen LogP contribution in [-0.2, 0) is 20.0 Å². The Labute approximate surface area is 217 Å². The monoisotopic (exact) mass is 568 g/mol. The molecular formula is C23H18Cl2N2O5S3. The van der Waals surface area contributed by atoms with E-state index in [4.69, 9.17) is 27.9 Å². The van der Waals surface area contributed by atoms with Gasteiger partial charge in [-0.1, -0.05) is 47.5 Å². The standard InChI is InChI=1S/C23H18Cl2N2O5S3/c1-15-5-2-3-6-22(15)32-16-8-10-17(11-9-16)34(28,29)26-20-13-18(24)19(25)14-21(20)27-35(30,31)23-7-4-12-33-23/h2-14,26-27H,1H3. The second-order valence-electron chi connectivity index (χ2n) is 7.29. The van der Waals surface area contributed by atoms with Gasteiger partial charge in [0.1, 0.15) is 15.7 Å². The number of hydrogen-bond donors (Lipinski definition) is 2. The first kappa shape index (κ1) is 25.3. The summed E-state index contributed by atoms with van der Waals surface area (Å²) in [6, 6.07) is 18.7. The molecule has 0 aliphatic rings. The Morgan fingerprint density at radius 2 is 1.37 bits per heavy atom. The van der Waals surface area contributed by atoms with Gasteiger partial charge in [0.2, 0.25) is 0 Å². The van der Waals surface area contributed by atoms with Crippen LogP contribution in [0.5, 0.6) is 11.5 Å². The lowest BCUT2D eigenvalue weighted by Crippen LogP contribution is -2.17. The molecule has 0 unspecified atom stereocenters. The number of rotatable bonds is 8. The zero-order chi connectivity index (χ0) is 25.2. The quantitative estimate of drug-likeness (QED) is 0.244. The first-order valence-electron chi connectivity index (χ1n) is 9.97. The van der Waals surface area contributed by atoms with Crippen LogP contribution in [0.25, 0.3) is 0 Å². The lowest BCUT2D eigenvalue weighted by atomic mass is 10.2. The maximum atomic E-state index is 13.1. The normalized spacial score (nSPS) is 11.7. The maximum Gasteiger partial charge on any atom is 0.271 e. The Morgan fingerprint density at radius 1 is 0.771 bits per heavy atom. The number of hydrogen-bond acceptors (Lipinski definition) is 6. The fourth-order valence-electron chi connectivity index (χ4n) is 3.02. The number of benzene rings is 3. The summed E-state index contributed by atoms with van der Waals surface area (Å²) >= 11 is 13.2. The minimum Gasteiger partial charge on any atom is -0.457 e. The van der Waals surface area contributed by atoms with Crippen LogP contribution in [0, 0.1) is 6.92 Å². The second-order valence-corrected chi connectivity index (χ2v) is 12.6. The minimum atomic E-state index is -4.11. The summed E-state index contributed by atoms with van der Waals surface area (Å²) in [6.45, 7) is 1.90. The molecule has 182 valence electrons. The summed E-state index contributed by atoms with van der Waals surface area (Å²) in [5.74, 6) is 1.11. The second kappa shape index (κ2) is 10.1. The van der Waals surface area contributed by atoms with Crippen molar-refractivity contribution in [1.29, 1.82) is 0 Å². The Bertz CT molecular complexity index is 1570. The molecule has 0 bridgehead atoms. The molecular weight excluding hydrogens is 551 g/mol. The first-order valence-corrected chi connectivity index (χ1v) is 14.6. The van der Waals surface area contributed by atoms with Gasteiger partial charge in [-0.2, -0.15) is 0 Å². The number of anilines is 2. The van der Waals surface area contributed by atoms with E-state index in [-0.39, 0.29) is 30.5 Å². The van der Waals surface area contributed by atoms with Gasteiger partial charge < -0.3 is 4.74 Å². The van der Waals surface area contributed by atoms with Crippen molar-refractivity contribution in [3.8, 4) is 11.5 Å². The van der Waals surface area contributed by atoms with Crippen LogP contribution in [0.2, 0.25) is 10.0 Å². The number of halogens is 2. The summed E-state index contributed by atoms with van der Waals surface area (Å²) in [5.41, 5.74) is 0.777. The zero-order valence-electron chi connectivity index (χ0n) is 18.0. The molecule has 7 nitrogen and oxygen atoms in total. The van der Waals surface area contributed by atoms with Crippen molar-refractivity contribution in [3.05, 3.63) is 93.8 Å². The first-order chi connectivity index (χ1) is 16.5. The van der Waals surface area contributed by atoms with E-state index in [1.807, 2.05) is 31.2 Å². The average molecular weight is 570 g/mol. The van der Waals surface area contributed by atoms with Gasteiger partial charge in [-0.3, -0.25) is 9.44 Å². The zero-order valence-corrected chi connectivity index (χ0v) is 22.0. The molecule has 0 saturated heterocycles. The summed E-state index contributed by atoms with van der Waals surface area (Å²) < 4.78 is 62.1. The number of aryl methyl sites for hydroxylation is 1. The van der Waals surface area contributed by atoms with E-state index in [1.165, 1.54) is 42.5 Å². The summed E-state index contributed by atoms with van der Waals surface area (Å²) in [7, 11) is -8.08. The van der Waals surface area contributed by atoms with E-state index in [1.54, 1.807) is 11.4 Å². The van der Waals surface area contributed by atoms with Crippen LogP contribution >= 0.6 is 34.5 Å². The minimum absolute atomic E-state index is 0.0467. The highest BCUT2D eigenvalue weighted by Gasteiger charge is 2.22. The summed E-state index contributed by atoms with van der Waals surface area (Å²) in [4.78, 5) is -0.0622. The molecule has 0 saturated carbocycles. The molecule has 4 aromatic rings. The van der Waals surface area contributed by atoms with Crippen LogP contribution < -0.4 is 14.2 Å². The molecule has 2 N–H and O–H groups in total. The highest BCUT2D eigenvalue weighted by atomic mass is 35.5. The molecule has 0 atom stereocenters. The van der Waals surface area contributed by atoms with Gasteiger partial charge >= 0.3 is 0 Å². The van der Waals surface area contributed by atoms with Crippen LogP contribution in [0.15, 0.2) is 87.3 Å². The number of nitrogens with one attached hydrogen (secondary N) is 2. The van der Waals surface area contributed by atoms with Crippen molar-refractivity contribution < 1.29 is 21.6 Å². The number of sulfonamides is 2. The van der Waals surface area contributed by atoms with Crippen LogP contribution in [0.3, 0.4) is 0 Å². The van der Waals surface area contributed by atoms with Crippen molar-refractivity contribution in [2.24, 2.45) is 0 Å². The van der Waals surface area contributed by atoms with E-state index in [2.05, 4.69) is 9.44 Å². The predicted octanol–water partition coefficient (Wildman–Crippen LogP) is 6.76. The van der Waals surface area contributed by atoms with E-state index in [0.29, 0.717) is 11.5 Å². The van der Waals surface area contributed by atoms with Crippen molar-refractivity contribution >= 4 is 66.0 Å². The number of thiophene rings is 1. The van der Waals surface area contributed by atoms with Crippen molar-refractivity contribution in [2.45, 2.75) is 16.0 Å². The number of ether oxygens (including phenoxy) is 1. The third-order valence-corrected chi connectivity index (χ3v) is 9.63. The fraction of sp³-hybridized carbons (Fsp3) is 0.0435. The molecule has 0 fully saturated rings. The maximum absolute atomic E-state index is 13.1. The molecule has 0 aliphatic heterocycles. The third-order valence-electron chi connectivity index (χ3n) is 4.76. The smallest absolute Gasteiger partial charge is 0.271 e. The molecule has 3 aromatic carbocycles. The van der Waals surface area contributed by atoms with Crippen molar-refractivity contribution in [1.82, 2.24) is 0 Å². The van der Waals surface area contributed by atoms with Crippen molar-refractivity contribution in [2.75, 3.05) is 9.44 Å². The van der Waals surface area contributed by atoms with Crippen LogP contribution in [0.1, 0.15) is 5.56 Å². The lowest BCUT2D eigenvalue weighted by molar-refractivity contribution is 0.478. The third kappa shape index (κ3) is 5.91. The topological polar surface area (TPSA) is 102 Å². The van der Waals surface area contributed by atoms with E-state index < -0.39 is 20.0 Å². The van der Waals surface area contributed by atoms with Crippen molar-refractivity contribution in [3.63, 3.8) is 0 Å². The molecule has 0 radical (unpaired) electrons. The fourth-order valence-corrected chi connectivity index (χ4v) is 6.48. The van der Waals surface area contributed by atoms with Gasteiger partial charge in [0.25, 0.3) is 20.0 Å².